The molecule has 4 heterocycles. The van der Waals surface area contributed by atoms with Crippen LogP contribution in [0, 0.1) is 11.3 Å². The monoisotopic (exact) mass is 444 g/mol. The van der Waals surface area contributed by atoms with Crippen molar-refractivity contribution in [3.63, 3.8) is 0 Å². The van der Waals surface area contributed by atoms with E-state index in [-0.39, 0.29) is 17.2 Å². The molecule has 0 radical (unpaired) electrons. The lowest BCUT2D eigenvalue weighted by Gasteiger charge is -2.33. The largest absolute Gasteiger partial charge is 0.381 e. The fraction of sp³-hybridized carbons (Fsp3) is 0.545. The molecule has 166 valence electrons. The molecule has 1 amide bonds. The highest BCUT2D eigenvalue weighted by Crippen LogP contribution is 2.31. The number of nitrogens with one attached hydrogen (secondary N) is 3. The highest BCUT2D eigenvalue weighted by molar-refractivity contribution is 6.33. The van der Waals surface area contributed by atoms with Crippen LogP contribution in [0.5, 0.6) is 0 Å². The number of anilines is 2. The Morgan fingerprint density at radius 1 is 1.29 bits per heavy atom. The number of pyridine rings is 1. The Morgan fingerprint density at radius 2 is 2.13 bits per heavy atom. The van der Waals surface area contributed by atoms with Gasteiger partial charge in [0.25, 0.3) is 0 Å². The van der Waals surface area contributed by atoms with E-state index in [9.17, 15) is 4.79 Å². The summed E-state index contributed by atoms with van der Waals surface area (Å²) in [4.78, 5) is 25.8. The maximum Gasteiger partial charge on any atom is 0.229 e. The molecule has 8 nitrogen and oxygen atoms in total. The molecule has 2 saturated heterocycles. The van der Waals surface area contributed by atoms with E-state index in [4.69, 9.17) is 16.3 Å². The second-order valence-electron chi connectivity index (χ2n) is 8.65. The molecule has 0 aliphatic carbocycles. The van der Waals surface area contributed by atoms with Crippen LogP contribution in [0.1, 0.15) is 32.6 Å². The van der Waals surface area contributed by atoms with E-state index in [0.717, 1.165) is 52.0 Å². The number of halogens is 1. The van der Waals surface area contributed by atoms with Crippen LogP contribution in [0.4, 0.5) is 11.6 Å². The summed E-state index contributed by atoms with van der Waals surface area (Å²) in [6, 6.07) is 1.75. The Balaban J connectivity index is 1.46. The van der Waals surface area contributed by atoms with Crippen LogP contribution in [-0.2, 0) is 9.53 Å². The van der Waals surface area contributed by atoms with Gasteiger partial charge in [-0.3, -0.25) is 9.78 Å². The van der Waals surface area contributed by atoms with Gasteiger partial charge in [0.15, 0.2) is 0 Å². The lowest BCUT2D eigenvalue weighted by atomic mass is 9.82. The molecule has 3 N–H and O–H groups in total. The molecule has 0 unspecified atom stereocenters. The number of hydrogen-bond donors (Lipinski definition) is 3. The maximum absolute atomic E-state index is 12.5. The van der Waals surface area contributed by atoms with Crippen molar-refractivity contribution < 1.29 is 9.53 Å². The van der Waals surface area contributed by atoms with E-state index in [2.05, 4.69) is 37.8 Å². The lowest BCUT2D eigenvalue weighted by molar-refractivity contribution is -0.120. The Labute approximate surface area is 187 Å². The third-order valence-corrected chi connectivity index (χ3v) is 6.38. The van der Waals surface area contributed by atoms with Crippen molar-refractivity contribution in [2.75, 3.05) is 43.5 Å². The second-order valence-corrected chi connectivity index (χ2v) is 9.06. The van der Waals surface area contributed by atoms with E-state index >= 15 is 0 Å². The quantitative estimate of drug-likeness (QED) is 0.627. The molecular formula is C22H29ClN6O2. The summed E-state index contributed by atoms with van der Waals surface area (Å²) in [7, 11) is 0. The number of rotatable bonds is 6. The number of hydrogen-bond acceptors (Lipinski definition) is 7. The molecule has 2 aliphatic rings. The van der Waals surface area contributed by atoms with Crippen LogP contribution < -0.4 is 16.0 Å². The van der Waals surface area contributed by atoms with Crippen molar-refractivity contribution in [3.8, 4) is 11.3 Å². The third kappa shape index (κ3) is 5.70. The minimum Gasteiger partial charge on any atom is -0.381 e. The topological polar surface area (TPSA) is 101 Å². The van der Waals surface area contributed by atoms with Gasteiger partial charge in [-0.1, -0.05) is 18.5 Å². The second kappa shape index (κ2) is 9.89. The van der Waals surface area contributed by atoms with Crippen molar-refractivity contribution >= 4 is 29.1 Å². The smallest absolute Gasteiger partial charge is 0.229 e. The summed E-state index contributed by atoms with van der Waals surface area (Å²) in [6.07, 6.45) is 8.82. The molecule has 9 heteroatoms. The Kier molecular flexibility index (Phi) is 6.99. The van der Waals surface area contributed by atoms with E-state index in [1.807, 2.05) is 0 Å². The summed E-state index contributed by atoms with van der Waals surface area (Å²) in [5.41, 5.74) is 1.49. The van der Waals surface area contributed by atoms with Crippen LogP contribution in [0.3, 0.4) is 0 Å². The van der Waals surface area contributed by atoms with Crippen molar-refractivity contribution in [3.05, 3.63) is 29.7 Å². The zero-order valence-corrected chi connectivity index (χ0v) is 18.5. The Bertz CT molecular complexity index is 913. The molecule has 1 atom stereocenters. The maximum atomic E-state index is 12.5. The van der Waals surface area contributed by atoms with E-state index < -0.39 is 0 Å². The fourth-order valence-corrected chi connectivity index (χ4v) is 4.13. The van der Waals surface area contributed by atoms with Gasteiger partial charge in [0.2, 0.25) is 5.91 Å². The predicted octanol–water partition coefficient (Wildman–Crippen LogP) is 3.36. The number of nitrogens with zero attached hydrogens (tertiary/aromatic N) is 3. The summed E-state index contributed by atoms with van der Waals surface area (Å²) in [5.74, 6) is 1.08. The van der Waals surface area contributed by atoms with Gasteiger partial charge >= 0.3 is 0 Å². The number of amides is 1. The van der Waals surface area contributed by atoms with Crippen LogP contribution >= 0.6 is 11.6 Å². The number of piperidine rings is 1. The first kappa shape index (κ1) is 21.9. The molecule has 2 aromatic heterocycles. The molecular weight excluding hydrogens is 416 g/mol. The van der Waals surface area contributed by atoms with Gasteiger partial charge in [0.1, 0.15) is 11.6 Å². The first-order valence-corrected chi connectivity index (χ1v) is 11.2. The molecule has 2 aliphatic heterocycles. The molecule has 31 heavy (non-hydrogen) atoms. The minimum absolute atomic E-state index is 0.0285. The predicted molar refractivity (Wildman–Crippen MR) is 121 cm³/mol. The highest BCUT2D eigenvalue weighted by atomic mass is 35.5. The average molecular weight is 445 g/mol. The molecule has 4 rings (SSSR count). The zero-order valence-electron chi connectivity index (χ0n) is 17.8. The van der Waals surface area contributed by atoms with Gasteiger partial charge in [-0.2, -0.15) is 0 Å². The van der Waals surface area contributed by atoms with E-state index in [1.165, 1.54) is 6.20 Å². The summed E-state index contributed by atoms with van der Waals surface area (Å²) in [5, 5.41) is 10.0. The van der Waals surface area contributed by atoms with Crippen LogP contribution in [0.25, 0.3) is 11.3 Å². The minimum atomic E-state index is -0.0476. The Hall–Kier alpha value is -2.29. The number of ether oxygens (including phenoxy) is 1. The van der Waals surface area contributed by atoms with Gasteiger partial charge in [0.05, 0.1) is 29.0 Å². The van der Waals surface area contributed by atoms with E-state index in [0.29, 0.717) is 34.5 Å². The molecule has 0 saturated carbocycles. The number of aromatic nitrogens is 3. The van der Waals surface area contributed by atoms with Gasteiger partial charge in [0, 0.05) is 38.1 Å². The first-order chi connectivity index (χ1) is 15.0. The SMILES string of the molecule is CC1(CNc2cncc(-c3cc(NC(=O)[C@@H]4CCCNC4)ncc3Cl)n2)CCOCC1. The van der Waals surface area contributed by atoms with Crippen LogP contribution in [0.15, 0.2) is 24.7 Å². The van der Waals surface area contributed by atoms with Crippen molar-refractivity contribution in [2.45, 2.75) is 32.6 Å². The van der Waals surface area contributed by atoms with Gasteiger partial charge in [-0.15, -0.1) is 0 Å². The highest BCUT2D eigenvalue weighted by Gasteiger charge is 2.27. The molecule has 0 spiro atoms. The van der Waals surface area contributed by atoms with Crippen molar-refractivity contribution in [1.82, 2.24) is 20.3 Å². The molecule has 0 bridgehead atoms. The summed E-state index contributed by atoms with van der Waals surface area (Å²) < 4.78 is 5.47. The van der Waals surface area contributed by atoms with Crippen LogP contribution in [0.2, 0.25) is 5.02 Å². The number of carbonyl (C=O) groups excluding carboxylic acids is 1. The fourth-order valence-electron chi connectivity index (χ4n) is 3.93. The van der Waals surface area contributed by atoms with Gasteiger partial charge in [-0.05, 0) is 43.7 Å². The standard InChI is InChI=1S/C22H29ClN6O2/c1-22(4-7-31-8-5-22)14-27-20-13-25-12-18(28-20)16-9-19(26-11-17(16)23)29-21(30)15-3-2-6-24-10-15/h9,11-13,15,24H,2-8,10,14H2,1H3,(H,27,28)(H,26,29,30)/t15-/m1/s1. The normalized spacial score (nSPS) is 20.8. The third-order valence-electron chi connectivity index (χ3n) is 6.08. The zero-order chi connectivity index (χ0) is 21.7. The molecule has 0 aromatic carbocycles. The lowest BCUT2D eigenvalue weighted by Crippen LogP contribution is -2.37. The molecule has 2 fully saturated rings. The summed E-state index contributed by atoms with van der Waals surface area (Å²) >= 11 is 6.40. The van der Waals surface area contributed by atoms with E-state index in [1.54, 1.807) is 18.5 Å². The molecule has 2 aromatic rings. The van der Waals surface area contributed by atoms with Crippen molar-refractivity contribution in [2.24, 2.45) is 11.3 Å². The first-order valence-electron chi connectivity index (χ1n) is 10.8. The van der Waals surface area contributed by atoms with Crippen molar-refractivity contribution in [1.29, 1.82) is 0 Å². The average Bonchev–Trinajstić information content (AvgIpc) is 2.80. The van der Waals surface area contributed by atoms with Gasteiger partial charge < -0.3 is 20.7 Å². The van der Waals surface area contributed by atoms with Crippen LogP contribution in [-0.4, -0.2) is 53.7 Å². The Morgan fingerprint density at radius 3 is 2.90 bits per heavy atom. The van der Waals surface area contributed by atoms with Gasteiger partial charge in [-0.25, -0.2) is 9.97 Å². The number of carbonyl (C=O) groups is 1. The summed E-state index contributed by atoms with van der Waals surface area (Å²) in [6.45, 7) is 6.30.